The van der Waals surface area contributed by atoms with Crippen molar-refractivity contribution in [3.63, 3.8) is 0 Å². The summed E-state index contributed by atoms with van der Waals surface area (Å²) in [5, 5.41) is 2.97. The predicted molar refractivity (Wildman–Crippen MR) is 119 cm³/mol. The van der Waals surface area contributed by atoms with E-state index in [-0.39, 0.29) is 11.7 Å². The second kappa shape index (κ2) is 11.0. The van der Waals surface area contributed by atoms with Gasteiger partial charge in [-0.1, -0.05) is 32.1 Å². The van der Waals surface area contributed by atoms with Gasteiger partial charge in [0.2, 0.25) is 0 Å². The fourth-order valence-corrected chi connectivity index (χ4v) is 4.98. The first-order chi connectivity index (χ1) is 15.6. The lowest BCUT2D eigenvalue weighted by Crippen LogP contribution is -2.46. The Kier molecular flexibility index (Phi) is 7.84. The number of hydrogen-bond donors (Lipinski definition) is 1. The lowest BCUT2D eigenvalue weighted by Gasteiger charge is -2.30. The van der Waals surface area contributed by atoms with Gasteiger partial charge in [0.25, 0.3) is 5.91 Å². The molecule has 0 aromatic heterocycles. The lowest BCUT2D eigenvalue weighted by atomic mass is 9.85. The van der Waals surface area contributed by atoms with Crippen molar-refractivity contribution in [1.82, 2.24) is 10.2 Å². The first-order valence-corrected chi connectivity index (χ1v) is 11.9. The van der Waals surface area contributed by atoms with Gasteiger partial charge in [0.1, 0.15) is 5.82 Å². The van der Waals surface area contributed by atoms with Crippen molar-refractivity contribution in [3.05, 3.63) is 29.6 Å². The summed E-state index contributed by atoms with van der Waals surface area (Å²) in [5.74, 6) is -0.0282. The van der Waals surface area contributed by atoms with Crippen LogP contribution in [0.4, 0.5) is 14.9 Å². The van der Waals surface area contributed by atoms with Crippen LogP contribution in [0, 0.1) is 11.7 Å². The summed E-state index contributed by atoms with van der Waals surface area (Å²) in [4.78, 5) is 29.4. The summed E-state index contributed by atoms with van der Waals surface area (Å²) in [6.45, 7) is 3.87. The topological polar surface area (TPSA) is 71.1 Å². The van der Waals surface area contributed by atoms with Crippen molar-refractivity contribution in [1.29, 1.82) is 0 Å². The van der Waals surface area contributed by atoms with E-state index in [1.807, 2.05) is 0 Å². The van der Waals surface area contributed by atoms with E-state index in [2.05, 4.69) is 10.2 Å². The van der Waals surface area contributed by atoms with E-state index >= 15 is 0 Å². The third-order valence-corrected chi connectivity index (χ3v) is 6.79. The Morgan fingerprint density at radius 3 is 2.72 bits per heavy atom. The molecule has 2 amide bonds. The molecule has 1 N–H and O–H groups in total. The summed E-state index contributed by atoms with van der Waals surface area (Å²) in [5.41, 5.74) is 2.03. The van der Waals surface area contributed by atoms with Crippen molar-refractivity contribution in [2.45, 2.75) is 51.0 Å². The number of carbonyl (C=O) groups excluding carboxylic acids is 2. The van der Waals surface area contributed by atoms with E-state index in [4.69, 9.17) is 9.47 Å². The minimum Gasteiger partial charge on any atom is -0.436 e. The van der Waals surface area contributed by atoms with Gasteiger partial charge in [0, 0.05) is 38.4 Å². The molecule has 7 nitrogen and oxygen atoms in total. The normalized spacial score (nSPS) is 20.0. The van der Waals surface area contributed by atoms with Crippen molar-refractivity contribution in [2.24, 2.45) is 5.92 Å². The van der Waals surface area contributed by atoms with Crippen molar-refractivity contribution >= 4 is 17.7 Å². The Hall–Kier alpha value is -2.35. The molecule has 2 aliphatic heterocycles. The zero-order valence-corrected chi connectivity index (χ0v) is 18.7. The number of hydrogen-bond acceptors (Lipinski definition) is 5. The number of halogens is 1. The fraction of sp³-hybridized carbons (Fsp3) is 0.667. The number of fused-ring (bicyclic) bond motifs is 1. The van der Waals surface area contributed by atoms with E-state index in [0.717, 1.165) is 37.1 Å². The molecule has 1 atom stereocenters. The van der Waals surface area contributed by atoms with Gasteiger partial charge in [0.05, 0.1) is 13.2 Å². The van der Waals surface area contributed by atoms with Crippen LogP contribution >= 0.6 is 0 Å². The fourth-order valence-electron chi connectivity index (χ4n) is 4.98. The van der Waals surface area contributed by atoms with Crippen LogP contribution in [0.25, 0.3) is 0 Å². The van der Waals surface area contributed by atoms with Gasteiger partial charge in [-0.25, -0.2) is 9.18 Å². The third-order valence-electron chi connectivity index (χ3n) is 6.79. The van der Waals surface area contributed by atoms with Crippen LogP contribution in [-0.4, -0.2) is 68.9 Å². The molecule has 32 heavy (non-hydrogen) atoms. The van der Waals surface area contributed by atoms with Gasteiger partial charge in [-0.3, -0.25) is 4.79 Å². The van der Waals surface area contributed by atoms with Gasteiger partial charge >= 0.3 is 6.09 Å². The quantitative estimate of drug-likeness (QED) is 0.696. The molecule has 4 rings (SSSR count). The molecule has 1 aromatic rings. The van der Waals surface area contributed by atoms with Crippen molar-refractivity contribution in [2.75, 3.05) is 50.8 Å². The number of benzene rings is 1. The first kappa shape index (κ1) is 22.8. The van der Waals surface area contributed by atoms with Crippen LogP contribution in [0.2, 0.25) is 0 Å². The smallest absolute Gasteiger partial charge is 0.410 e. The highest BCUT2D eigenvalue weighted by atomic mass is 19.1. The van der Waals surface area contributed by atoms with Gasteiger partial charge in [-0.15, -0.1) is 0 Å². The van der Waals surface area contributed by atoms with Gasteiger partial charge in [-0.05, 0) is 42.5 Å². The number of rotatable bonds is 7. The van der Waals surface area contributed by atoms with Crippen molar-refractivity contribution < 1.29 is 23.5 Å². The number of nitrogens with one attached hydrogen (secondary N) is 1. The Balaban J connectivity index is 1.31. The number of anilines is 1. The predicted octanol–water partition coefficient (Wildman–Crippen LogP) is 3.11. The van der Waals surface area contributed by atoms with Gasteiger partial charge in [0.15, 0.2) is 6.10 Å². The zero-order chi connectivity index (χ0) is 22.3. The van der Waals surface area contributed by atoms with Crippen molar-refractivity contribution in [3.8, 4) is 0 Å². The van der Waals surface area contributed by atoms with Gasteiger partial charge < -0.3 is 24.6 Å². The molecule has 1 saturated heterocycles. The molecule has 0 unspecified atom stereocenters. The van der Waals surface area contributed by atoms with E-state index < -0.39 is 12.2 Å². The van der Waals surface area contributed by atoms with E-state index in [1.54, 1.807) is 17.0 Å². The van der Waals surface area contributed by atoms with Crippen LogP contribution < -0.4 is 10.2 Å². The van der Waals surface area contributed by atoms with E-state index in [9.17, 15) is 14.0 Å². The Morgan fingerprint density at radius 1 is 1.16 bits per heavy atom. The molecule has 0 bridgehead atoms. The van der Waals surface area contributed by atoms with Crippen LogP contribution in [0.15, 0.2) is 18.2 Å². The molecule has 0 spiro atoms. The number of ether oxygens (including phenoxy) is 2. The number of amides is 2. The molecular weight excluding hydrogens is 413 g/mol. The van der Waals surface area contributed by atoms with Gasteiger partial charge in [-0.2, -0.15) is 0 Å². The minimum atomic E-state index is -0.770. The Morgan fingerprint density at radius 2 is 1.94 bits per heavy atom. The monoisotopic (exact) mass is 447 g/mol. The number of nitrogens with zero attached hydrogens (tertiary/aromatic N) is 2. The molecular formula is C24H34FN3O4. The highest BCUT2D eigenvalue weighted by Crippen LogP contribution is 2.29. The second-order valence-corrected chi connectivity index (χ2v) is 9.01. The van der Waals surface area contributed by atoms with Crippen LogP contribution in [0.3, 0.4) is 0 Å². The summed E-state index contributed by atoms with van der Waals surface area (Å²) in [7, 11) is 0. The van der Waals surface area contributed by atoms with Crippen LogP contribution in [-0.2, 0) is 20.7 Å². The molecule has 2 heterocycles. The highest BCUT2D eigenvalue weighted by Gasteiger charge is 2.30. The molecule has 1 saturated carbocycles. The first-order valence-electron chi connectivity index (χ1n) is 11.9. The molecule has 8 heteroatoms. The average Bonchev–Trinajstić information content (AvgIpc) is 3.21. The molecule has 1 aromatic carbocycles. The average molecular weight is 448 g/mol. The maximum atomic E-state index is 13.4. The maximum absolute atomic E-state index is 13.4. The second-order valence-electron chi connectivity index (χ2n) is 9.01. The summed E-state index contributed by atoms with van der Waals surface area (Å²) < 4.78 is 24.5. The van der Waals surface area contributed by atoms with E-state index in [1.165, 1.54) is 25.3 Å². The molecule has 176 valence electrons. The Bertz CT molecular complexity index is 793. The Labute approximate surface area is 189 Å². The summed E-state index contributed by atoms with van der Waals surface area (Å²) in [6, 6.07) is 4.86. The summed E-state index contributed by atoms with van der Waals surface area (Å²) >= 11 is 0. The molecule has 0 radical (unpaired) electrons. The SMILES string of the molecule is O=C(NCCN1CCc2cc(F)ccc21)[C@H](CC1CCCCC1)OC(=O)N1CCOCC1. The number of carbonyl (C=O) groups is 2. The maximum Gasteiger partial charge on any atom is 0.410 e. The molecule has 3 aliphatic rings. The third kappa shape index (κ3) is 5.91. The lowest BCUT2D eigenvalue weighted by molar-refractivity contribution is -0.131. The van der Waals surface area contributed by atoms with Crippen LogP contribution in [0.1, 0.15) is 44.1 Å². The minimum absolute atomic E-state index is 0.216. The molecule has 2 fully saturated rings. The highest BCUT2D eigenvalue weighted by molar-refractivity contribution is 5.83. The zero-order valence-electron chi connectivity index (χ0n) is 18.7. The largest absolute Gasteiger partial charge is 0.436 e. The standard InChI is InChI=1S/C24H34FN3O4/c25-20-6-7-21-19(17-20)8-10-27(21)11-9-26-23(29)22(16-18-4-2-1-3-5-18)32-24(30)28-12-14-31-15-13-28/h6-7,17-18,22H,1-5,8-16H2,(H,26,29)/t22-/m0/s1. The molecule has 1 aliphatic carbocycles. The van der Waals surface area contributed by atoms with Crippen LogP contribution in [0.5, 0.6) is 0 Å². The summed E-state index contributed by atoms with van der Waals surface area (Å²) in [6.07, 6.45) is 5.93. The number of morpholine rings is 1. The van der Waals surface area contributed by atoms with E-state index in [0.29, 0.717) is 51.7 Å².